The maximum Gasteiger partial charge on any atom is 0.255 e. The number of hydrogen-bond acceptors (Lipinski definition) is 4. The lowest BCUT2D eigenvalue weighted by atomic mass is 10.2. The van der Waals surface area contributed by atoms with Crippen molar-refractivity contribution in [3.8, 4) is 0 Å². The first-order valence-corrected chi connectivity index (χ1v) is 6.82. The maximum absolute atomic E-state index is 12.3. The van der Waals surface area contributed by atoms with Crippen LogP contribution in [0.15, 0.2) is 47.1 Å². The number of hydrazine groups is 1. The summed E-state index contributed by atoms with van der Waals surface area (Å²) in [4.78, 5) is 17.9. The van der Waals surface area contributed by atoms with Gasteiger partial charge in [-0.3, -0.25) is 4.79 Å². The third-order valence-corrected chi connectivity index (χ3v) is 3.31. The molecule has 1 aromatic heterocycles. The van der Waals surface area contributed by atoms with E-state index in [4.69, 9.17) is 5.84 Å². The van der Waals surface area contributed by atoms with Gasteiger partial charge in [0.25, 0.3) is 5.91 Å². The molecule has 0 saturated heterocycles. The molecule has 1 amide bonds. The molecule has 1 aromatic carbocycles. The highest BCUT2D eigenvalue weighted by Gasteiger charge is 2.12. The van der Waals surface area contributed by atoms with Crippen molar-refractivity contribution in [3.05, 3.63) is 58.2 Å². The van der Waals surface area contributed by atoms with Gasteiger partial charge in [-0.2, -0.15) is 0 Å². The minimum absolute atomic E-state index is 0.0824. The number of aromatic nitrogens is 1. The third kappa shape index (κ3) is 3.55. The standard InChI is InChI=1S/C14H15BrN4O/c1-19(9-10-3-2-4-12(15)7-10)14(20)11-5-6-13(18-16)17-8-11/h2-8H,9,16H2,1H3,(H,17,18). The van der Waals surface area contributed by atoms with E-state index >= 15 is 0 Å². The van der Waals surface area contributed by atoms with E-state index in [1.165, 1.54) is 6.20 Å². The van der Waals surface area contributed by atoms with Crippen molar-refractivity contribution in [3.63, 3.8) is 0 Å². The fraction of sp³-hybridized carbons (Fsp3) is 0.143. The zero-order valence-electron chi connectivity index (χ0n) is 11.0. The monoisotopic (exact) mass is 334 g/mol. The van der Waals surface area contributed by atoms with Gasteiger partial charge in [-0.15, -0.1) is 0 Å². The Morgan fingerprint density at radius 3 is 2.80 bits per heavy atom. The molecule has 0 unspecified atom stereocenters. The molecule has 0 radical (unpaired) electrons. The Morgan fingerprint density at radius 2 is 2.20 bits per heavy atom. The summed E-state index contributed by atoms with van der Waals surface area (Å²) in [5, 5.41) is 0. The number of benzene rings is 1. The van der Waals surface area contributed by atoms with Gasteiger partial charge in [0.2, 0.25) is 0 Å². The molecule has 0 saturated carbocycles. The van der Waals surface area contributed by atoms with Crippen molar-refractivity contribution in [2.45, 2.75) is 6.54 Å². The molecule has 0 aliphatic carbocycles. The van der Waals surface area contributed by atoms with Gasteiger partial charge >= 0.3 is 0 Å². The van der Waals surface area contributed by atoms with E-state index in [-0.39, 0.29) is 5.91 Å². The van der Waals surface area contributed by atoms with Crippen LogP contribution in [0.1, 0.15) is 15.9 Å². The molecule has 3 N–H and O–H groups in total. The minimum Gasteiger partial charge on any atom is -0.337 e. The van der Waals surface area contributed by atoms with Crippen LogP contribution in [-0.4, -0.2) is 22.8 Å². The minimum atomic E-state index is -0.0824. The van der Waals surface area contributed by atoms with Crippen molar-refractivity contribution in [2.75, 3.05) is 12.5 Å². The molecule has 5 nitrogen and oxygen atoms in total. The molecule has 104 valence electrons. The number of halogens is 1. The Kier molecular flexibility index (Phi) is 4.70. The molecule has 2 rings (SSSR count). The third-order valence-electron chi connectivity index (χ3n) is 2.81. The Labute approximate surface area is 125 Å². The molecule has 0 aliphatic heterocycles. The zero-order chi connectivity index (χ0) is 14.5. The lowest BCUT2D eigenvalue weighted by Crippen LogP contribution is -2.26. The summed E-state index contributed by atoms with van der Waals surface area (Å²) in [6.45, 7) is 0.537. The van der Waals surface area contributed by atoms with E-state index in [1.54, 1.807) is 24.1 Å². The van der Waals surface area contributed by atoms with Crippen LogP contribution in [0.5, 0.6) is 0 Å². The van der Waals surface area contributed by atoms with E-state index in [9.17, 15) is 4.79 Å². The summed E-state index contributed by atoms with van der Waals surface area (Å²) in [6.07, 6.45) is 1.51. The van der Waals surface area contributed by atoms with Crippen molar-refractivity contribution in [1.82, 2.24) is 9.88 Å². The Balaban J connectivity index is 2.07. The molecule has 20 heavy (non-hydrogen) atoms. The van der Waals surface area contributed by atoms with Crippen molar-refractivity contribution >= 4 is 27.7 Å². The summed E-state index contributed by atoms with van der Waals surface area (Å²) >= 11 is 3.42. The second-order valence-corrected chi connectivity index (χ2v) is 5.28. The molecule has 0 aliphatic rings. The quantitative estimate of drug-likeness (QED) is 0.665. The largest absolute Gasteiger partial charge is 0.337 e. The van der Waals surface area contributed by atoms with Gasteiger partial charge in [0.15, 0.2) is 0 Å². The Hall–Kier alpha value is -1.92. The molecule has 2 aromatic rings. The van der Waals surface area contributed by atoms with Crippen LogP contribution in [-0.2, 0) is 6.54 Å². The second kappa shape index (κ2) is 6.49. The number of carbonyl (C=O) groups excluding carboxylic acids is 1. The molecule has 0 spiro atoms. The molecule has 6 heteroatoms. The van der Waals surface area contributed by atoms with Crippen LogP contribution in [0.25, 0.3) is 0 Å². The van der Waals surface area contributed by atoms with Crippen LogP contribution in [0, 0.1) is 0 Å². The fourth-order valence-corrected chi connectivity index (χ4v) is 2.25. The summed E-state index contributed by atoms with van der Waals surface area (Å²) < 4.78 is 0.996. The SMILES string of the molecule is CN(Cc1cccc(Br)c1)C(=O)c1ccc(NN)nc1. The summed E-state index contributed by atoms with van der Waals surface area (Å²) in [5.41, 5.74) is 4.02. The van der Waals surface area contributed by atoms with E-state index < -0.39 is 0 Å². The topological polar surface area (TPSA) is 71.2 Å². The van der Waals surface area contributed by atoms with Crippen molar-refractivity contribution in [1.29, 1.82) is 0 Å². The first kappa shape index (κ1) is 14.5. The van der Waals surface area contributed by atoms with Crippen LogP contribution in [0.4, 0.5) is 5.82 Å². The normalized spacial score (nSPS) is 10.2. The highest BCUT2D eigenvalue weighted by atomic mass is 79.9. The number of nitrogen functional groups attached to an aromatic ring is 1. The smallest absolute Gasteiger partial charge is 0.255 e. The first-order chi connectivity index (χ1) is 9.60. The zero-order valence-corrected chi connectivity index (χ0v) is 12.6. The van der Waals surface area contributed by atoms with E-state index in [1.807, 2.05) is 24.3 Å². The van der Waals surface area contributed by atoms with Crippen LogP contribution in [0.2, 0.25) is 0 Å². The van der Waals surface area contributed by atoms with Gasteiger partial charge < -0.3 is 10.3 Å². The fourth-order valence-electron chi connectivity index (χ4n) is 1.81. The van der Waals surface area contributed by atoms with Gasteiger partial charge in [0.05, 0.1) is 5.56 Å². The molecular formula is C14H15BrN4O. The lowest BCUT2D eigenvalue weighted by molar-refractivity contribution is 0.0784. The number of hydrogen-bond donors (Lipinski definition) is 2. The number of nitrogens with two attached hydrogens (primary N) is 1. The summed E-state index contributed by atoms with van der Waals surface area (Å²) in [5.74, 6) is 5.68. The van der Waals surface area contributed by atoms with Gasteiger partial charge in [0, 0.05) is 24.3 Å². The van der Waals surface area contributed by atoms with E-state index in [0.29, 0.717) is 17.9 Å². The number of nitrogens with zero attached hydrogens (tertiary/aromatic N) is 2. The van der Waals surface area contributed by atoms with Gasteiger partial charge in [-0.25, -0.2) is 10.8 Å². The molecular weight excluding hydrogens is 320 g/mol. The first-order valence-electron chi connectivity index (χ1n) is 6.02. The van der Waals surface area contributed by atoms with E-state index in [2.05, 4.69) is 26.3 Å². The number of carbonyl (C=O) groups is 1. The van der Waals surface area contributed by atoms with Crippen LogP contribution >= 0.6 is 15.9 Å². The number of pyridine rings is 1. The predicted molar refractivity (Wildman–Crippen MR) is 82.0 cm³/mol. The molecule has 0 atom stereocenters. The van der Waals surface area contributed by atoms with Crippen LogP contribution < -0.4 is 11.3 Å². The number of anilines is 1. The highest BCUT2D eigenvalue weighted by Crippen LogP contribution is 2.14. The molecule has 0 fully saturated rings. The summed E-state index contributed by atoms with van der Waals surface area (Å²) in [6, 6.07) is 11.2. The van der Waals surface area contributed by atoms with Gasteiger partial charge in [0.1, 0.15) is 5.82 Å². The second-order valence-electron chi connectivity index (χ2n) is 4.37. The highest BCUT2D eigenvalue weighted by molar-refractivity contribution is 9.10. The molecule has 0 bridgehead atoms. The lowest BCUT2D eigenvalue weighted by Gasteiger charge is -2.17. The number of rotatable bonds is 4. The van der Waals surface area contributed by atoms with Crippen molar-refractivity contribution in [2.24, 2.45) is 5.84 Å². The number of nitrogens with one attached hydrogen (secondary N) is 1. The van der Waals surface area contributed by atoms with E-state index in [0.717, 1.165) is 10.0 Å². The summed E-state index contributed by atoms with van der Waals surface area (Å²) in [7, 11) is 1.76. The van der Waals surface area contributed by atoms with Crippen molar-refractivity contribution < 1.29 is 4.79 Å². The molecule has 1 heterocycles. The van der Waals surface area contributed by atoms with Crippen LogP contribution in [0.3, 0.4) is 0 Å². The van der Waals surface area contributed by atoms with Gasteiger partial charge in [-0.1, -0.05) is 28.1 Å². The average Bonchev–Trinajstić information content (AvgIpc) is 2.46. The Bertz CT molecular complexity index is 600. The number of amides is 1. The average molecular weight is 335 g/mol. The predicted octanol–water partition coefficient (Wildman–Crippen LogP) is 2.40. The Morgan fingerprint density at radius 1 is 1.40 bits per heavy atom. The maximum atomic E-state index is 12.3. The van der Waals surface area contributed by atoms with Gasteiger partial charge in [-0.05, 0) is 29.8 Å².